The van der Waals surface area contributed by atoms with Crippen molar-refractivity contribution in [3.8, 4) is 0 Å². The summed E-state index contributed by atoms with van der Waals surface area (Å²) in [6.07, 6.45) is 0. The third kappa shape index (κ3) is 3.40. The molecule has 0 aromatic heterocycles. The van der Waals surface area contributed by atoms with Gasteiger partial charge in [0.1, 0.15) is 0 Å². The molecule has 0 spiro atoms. The van der Waals surface area contributed by atoms with Gasteiger partial charge in [0.25, 0.3) is 0 Å². The molecule has 0 unspecified atom stereocenters. The van der Waals surface area contributed by atoms with Crippen molar-refractivity contribution in [3.63, 3.8) is 0 Å². The van der Waals surface area contributed by atoms with Crippen LogP contribution in [0.15, 0.2) is 64.4 Å². The minimum atomic E-state index is -3.45. The fraction of sp³-hybridized carbons (Fsp3) is 0.0714. The van der Waals surface area contributed by atoms with E-state index in [-0.39, 0.29) is 4.90 Å². The van der Waals surface area contributed by atoms with Gasteiger partial charge in [-0.2, -0.15) is 0 Å². The molecule has 0 aliphatic rings. The summed E-state index contributed by atoms with van der Waals surface area (Å²) in [5.74, 6) is -0.451. The molecule has 4 nitrogen and oxygen atoms in total. The van der Waals surface area contributed by atoms with E-state index in [0.717, 1.165) is 10.8 Å². The molecule has 0 saturated carbocycles. The van der Waals surface area contributed by atoms with Crippen LogP contribution >= 0.6 is 10.8 Å². The Morgan fingerprint density at radius 1 is 1.00 bits per heavy atom. The summed E-state index contributed by atoms with van der Waals surface area (Å²) in [6.45, 7) is 0. The van der Waals surface area contributed by atoms with Gasteiger partial charge >= 0.3 is 5.97 Å². The predicted molar refractivity (Wildman–Crippen MR) is 77.3 cm³/mol. The number of hydrogen-bond donors (Lipinski definition) is 0. The zero-order valence-electron chi connectivity index (χ0n) is 10.6. The third-order valence-corrected chi connectivity index (χ3v) is 5.86. The lowest BCUT2D eigenvalue weighted by molar-refractivity contribution is 0.0600. The summed E-state index contributed by atoms with van der Waals surface area (Å²) in [5.41, 5.74) is 0.383. The van der Waals surface area contributed by atoms with Crippen molar-refractivity contribution in [2.75, 3.05) is 7.11 Å². The van der Waals surface area contributed by atoms with E-state index < -0.39 is 14.8 Å². The average molecular weight is 308 g/mol. The molecule has 104 valence electrons. The Bertz CT molecular complexity index is 692. The molecule has 0 aliphatic carbocycles. The second-order valence-electron chi connectivity index (χ2n) is 3.87. The number of methoxy groups -OCH3 is 1. The van der Waals surface area contributed by atoms with Crippen LogP contribution in [-0.4, -0.2) is 21.5 Å². The lowest BCUT2D eigenvalue weighted by Crippen LogP contribution is -2.00. The van der Waals surface area contributed by atoms with E-state index in [4.69, 9.17) is 0 Å². The molecule has 2 aromatic carbocycles. The lowest BCUT2D eigenvalue weighted by Gasteiger charge is -2.04. The molecule has 0 amide bonds. The molecule has 2 rings (SSSR count). The maximum absolute atomic E-state index is 12.1. The molecule has 0 aliphatic heterocycles. The van der Waals surface area contributed by atoms with Crippen molar-refractivity contribution >= 4 is 25.6 Å². The zero-order chi connectivity index (χ0) is 14.6. The van der Waals surface area contributed by atoms with Crippen molar-refractivity contribution in [1.82, 2.24) is 0 Å². The highest BCUT2D eigenvalue weighted by atomic mass is 33.1. The Balaban J connectivity index is 2.20. The smallest absolute Gasteiger partial charge is 0.337 e. The minimum absolute atomic E-state index is 0.252. The molecule has 2 aromatic rings. The fourth-order valence-corrected chi connectivity index (χ4v) is 4.33. The van der Waals surface area contributed by atoms with Crippen LogP contribution in [0.25, 0.3) is 0 Å². The standard InChI is InChI=1S/C14H12O4S2/c1-18-14(15)11-7-9-12(10-8-11)19-20(16,17)13-5-3-2-4-6-13/h2-10H,1H3. The molecular formula is C14H12O4S2. The Morgan fingerprint density at radius 3 is 2.15 bits per heavy atom. The largest absolute Gasteiger partial charge is 0.465 e. The molecule has 20 heavy (non-hydrogen) atoms. The molecular weight excluding hydrogens is 296 g/mol. The minimum Gasteiger partial charge on any atom is -0.465 e. The van der Waals surface area contributed by atoms with Gasteiger partial charge < -0.3 is 4.74 Å². The van der Waals surface area contributed by atoms with Crippen LogP contribution in [-0.2, 0) is 13.6 Å². The summed E-state index contributed by atoms with van der Waals surface area (Å²) in [5, 5.41) is 0. The average Bonchev–Trinajstić information content (AvgIpc) is 2.48. The number of hydrogen-bond acceptors (Lipinski definition) is 5. The van der Waals surface area contributed by atoms with E-state index in [1.54, 1.807) is 42.5 Å². The van der Waals surface area contributed by atoms with Gasteiger partial charge in [-0.25, -0.2) is 13.2 Å². The van der Waals surface area contributed by atoms with Gasteiger partial charge in [0.15, 0.2) is 0 Å². The molecule has 0 radical (unpaired) electrons. The highest BCUT2D eigenvalue weighted by Crippen LogP contribution is 2.30. The number of benzene rings is 2. The zero-order valence-corrected chi connectivity index (χ0v) is 12.3. The summed E-state index contributed by atoms with van der Waals surface area (Å²) in [6, 6.07) is 14.4. The first-order valence-electron chi connectivity index (χ1n) is 5.71. The Hall–Kier alpha value is -1.79. The highest BCUT2D eigenvalue weighted by Gasteiger charge is 2.16. The Kier molecular flexibility index (Phi) is 4.46. The predicted octanol–water partition coefficient (Wildman–Crippen LogP) is 2.95. The molecule has 0 fully saturated rings. The van der Waals surface area contributed by atoms with Crippen LogP contribution in [0, 0.1) is 0 Å². The number of rotatable bonds is 4. The molecule has 0 atom stereocenters. The van der Waals surface area contributed by atoms with Crippen LogP contribution in [0.5, 0.6) is 0 Å². The molecule has 6 heteroatoms. The van der Waals surface area contributed by atoms with E-state index in [1.807, 2.05) is 0 Å². The summed E-state index contributed by atoms with van der Waals surface area (Å²) < 4.78 is 28.9. The van der Waals surface area contributed by atoms with Gasteiger partial charge in [-0.15, -0.1) is 0 Å². The van der Waals surface area contributed by atoms with E-state index in [0.29, 0.717) is 10.5 Å². The highest BCUT2D eigenvalue weighted by molar-refractivity contribution is 8.72. The van der Waals surface area contributed by atoms with Crippen molar-refractivity contribution in [1.29, 1.82) is 0 Å². The molecule has 0 saturated heterocycles. The van der Waals surface area contributed by atoms with Gasteiger partial charge in [0.05, 0.1) is 17.6 Å². The number of carbonyl (C=O) groups excluding carboxylic acids is 1. The van der Waals surface area contributed by atoms with Crippen LogP contribution < -0.4 is 0 Å². The van der Waals surface area contributed by atoms with Crippen molar-refractivity contribution in [3.05, 3.63) is 60.2 Å². The van der Waals surface area contributed by atoms with Gasteiger partial charge in [0, 0.05) is 15.7 Å². The maximum atomic E-state index is 12.1. The van der Waals surface area contributed by atoms with Crippen LogP contribution in [0.2, 0.25) is 0 Å². The quantitative estimate of drug-likeness (QED) is 0.642. The maximum Gasteiger partial charge on any atom is 0.337 e. The van der Waals surface area contributed by atoms with Crippen molar-refractivity contribution < 1.29 is 17.9 Å². The van der Waals surface area contributed by atoms with Crippen molar-refractivity contribution in [2.45, 2.75) is 9.79 Å². The first-order valence-corrected chi connectivity index (χ1v) is 8.52. The van der Waals surface area contributed by atoms with E-state index in [1.165, 1.54) is 19.2 Å². The van der Waals surface area contributed by atoms with Crippen LogP contribution in [0.4, 0.5) is 0 Å². The summed E-state index contributed by atoms with van der Waals surface area (Å²) in [4.78, 5) is 12.1. The third-order valence-electron chi connectivity index (χ3n) is 2.51. The SMILES string of the molecule is COC(=O)c1ccc(SS(=O)(=O)c2ccccc2)cc1. The van der Waals surface area contributed by atoms with E-state index >= 15 is 0 Å². The van der Waals surface area contributed by atoms with Gasteiger partial charge in [-0.1, -0.05) is 18.2 Å². The molecule has 0 bridgehead atoms. The van der Waals surface area contributed by atoms with Gasteiger partial charge in [0.2, 0.25) is 8.87 Å². The van der Waals surface area contributed by atoms with Crippen LogP contribution in [0.3, 0.4) is 0 Å². The lowest BCUT2D eigenvalue weighted by atomic mass is 10.2. The Morgan fingerprint density at radius 2 is 1.60 bits per heavy atom. The summed E-state index contributed by atoms with van der Waals surface area (Å²) in [7, 11) is -1.41. The van der Waals surface area contributed by atoms with Crippen molar-refractivity contribution in [2.24, 2.45) is 0 Å². The van der Waals surface area contributed by atoms with Gasteiger partial charge in [-0.3, -0.25) is 0 Å². The topological polar surface area (TPSA) is 60.4 Å². The van der Waals surface area contributed by atoms with E-state index in [9.17, 15) is 13.2 Å². The number of esters is 1. The fourth-order valence-electron chi connectivity index (χ4n) is 1.53. The number of carbonyl (C=O) groups is 1. The monoisotopic (exact) mass is 308 g/mol. The number of ether oxygens (including phenoxy) is 1. The van der Waals surface area contributed by atoms with Gasteiger partial charge in [-0.05, 0) is 36.4 Å². The first kappa shape index (κ1) is 14.6. The Labute approximate surface area is 121 Å². The second-order valence-corrected chi connectivity index (χ2v) is 7.70. The molecule has 0 heterocycles. The van der Waals surface area contributed by atoms with E-state index in [2.05, 4.69) is 4.74 Å². The first-order chi connectivity index (χ1) is 9.53. The normalized spacial score (nSPS) is 11.1. The molecule has 0 N–H and O–H groups in total. The second kappa shape index (κ2) is 6.11. The summed E-state index contributed by atoms with van der Waals surface area (Å²) >= 11 is 0. The van der Waals surface area contributed by atoms with Crippen LogP contribution in [0.1, 0.15) is 10.4 Å².